The molecule has 1 unspecified atom stereocenters. The van der Waals surface area contributed by atoms with Gasteiger partial charge in [-0.3, -0.25) is 0 Å². The van der Waals surface area contributed by atoms with Crippen molar-refractivity contribution in [2.75, 3.05) is 11.1 Å². The molecule has 2 rings (SSSR count). The van der Waals surface area contributed by atoms with Gasteiger partial charge in [-0.2, -0.15) is 0 Å². The van der Waals surface area contributed by atoms with Gasteiger partial charge in [0, 0.05) is 22.2 Å². The Bertz CT molecular complexity index is 469. The maximum Gasteiger partial charge on any atom is 0.107 e. The summed E-state index contributed by atoms with van der Waals surface area (Å²) >= 11 is 6.99. The lowest BCUT2D eigenvalue weighted by atomic mass is 10.1. The van der Waals surface area contributed by atoms with Crippen LogP contribution in [0.5, 0.6) is 0 Å². The Hall–Kier alpha value is -0.740. The Morgan fingerprint density at radius 2 is 2.22 bits per heavy atom. The molecule has 1 aromatic carbocycles. The lowest BCUT2D eigenvalue weighted by Gasteiger charge is -2.15. The summed E-state index contributed by atoms with van der Waals surface area (Å²) in [5.74, 6) is 1.02. The normalized spacial score (nSPS) is 20.5. The summed E-state index contributed by atoms with van der Waals surface area (Å²) < 4.78 is 0. The van der Waals surface area contributed by atoms with Gasteiger partial charge >= 0.3 is 0 Å². The van der Waals surface area contributed by atoms with Crippen LogP contribution in [0.1, 0.15) is 32.8 Å². The second kappa shape index (κ2) is 5.10. The number of hydrogen-bond donors (Lipinski definition) is 2. The number of hydrogen-bond acceptors (Lipinski definition) is 3. The third-order valence-electron chi connectivity index (χ3n) is 3.42. The average Bonchev–Trinajstić information content (AvgIpc) is 2.86. The van der Waals surface area contributed by atoms with E-state index in [-0.39, 0.29) is 0 Å². The van der Waals surface area contributed by atoms with Crippen molar-refractivity contribution in [3.63, 3.8) is 0 Å². The fourth-order valence-corrected chi connectivity index (χ4v) is 3.22. The van der Waals surface area contributed by atoms with Crippen LogP contribution in [0.15, 0.2) is 23.1 Å². The predicted octanol–water partition coefficient (Wildman–Crippen LogP) is 3.64. The summed E-state index contributed by atoms with van der Waals surface area (Å²) in [6, 6.07) is 6.76. The molecule has 98 valence electrons. The number of nitrogens with one attached hydrogen (secondary N) is 1. The van der Waals surface area contributed by atoms with Gasteiger partial charge < -0.3 is 11.1 Å². The molecule has 0 aromatic heterocycles. The molecule has 1 atom stereocenters. The number of thiocarbonyl (C=S) groups is 1. The number of anilines is 1. The van der Waals surface area contributed by atoms with E-state index in [1.807, 2.05) is 0 Å². The maximum absolute atomic E-state index is 5.89. The Labute approximate surface area is 119 Å². The maximum atomic E-state index is 5.89. The first-order valence-corrected chi connectivity index (χ1v) is 7.67. The molecule has 1 fully saturated rings. The summed E-state index contributed by atoms with van der Waals surface area (Å²) in [5.41, 5.74) is 8.36. The summed E-state index contributed by atoms with van der Waals surface area (Å²) in [7, 11) is 0. The Morgan fingerprint density at radius 3 is 2.72 bits per heavy atom. The Kier molecular flexibility index (Phi) is 3.87. The van der Waals surface area contributed by atoms with Gasteiger partial charge in [0.05, 0.1) is 0 Å². The van der Waals surface area contributed by atoms with Crippen LogP contribution in [0.2, 0.25) is 0 Å². The summed E-state index contributed by atoms with van der Waals surface area (Å²) in [6.07, 6.45) is 1.20. The molecule has 4 heteroatoms. The standard InChI is InChI=1S/C14H20N2S2/c1-4-18-10-7-5-6-9(12(10)13(15)17)16-11-8-14(11,2)3/h5-7,11,16H,4,8H2,1-3H3,(H2,15,17). The van der Waals surface area contributed by atoms with E-state index in [0.717, 1.165) is 17.0 Å². The molecule has 1 aliphatic carbocycles. The first kappa shape index (κ1) is 13.7. The van der Waals surface area contributed by atoms with Gasteiger partial charge in [-0.1, -0.05) is 39.1 Å². The van der Waals surface area contributed by atoms with Gasteiger partial charge in [0.1, 0.15) is 4.99 Å². The molecule has 0 bridgehead atoms. The zero-order valence-corrected chi connectivity index (χ0v) is 12.8. The van der Waals surface area contributed by atoms with Crippen LogP contribution >= 0.6 is 24.0 Å². The third-order valence-corrected chi connectivity index (χ3v) is 4.56. The minimum atomic E-state index is 0.390. The van der Waals surface area contributed by atoms with Crippen LogP contribution in [0.25, 0.3) is 0 Å². The molecule has 0 aliphatic heterocycles. The van der Waals surface area contributed by atoms with E-state index in [0.29, 0.717) is 16.4 Å². The van der Waals surface area contributed by atoms with E-state index in [1.54, 1.807) is 11.8 Å². The molecule has 0 spiro atoms. The van der Waals surface area contributed by atoms with Crippen LogP contribution in [0, 0.1) is 5.41 Å². The van der Waals surface area contributed by atoms with E-state index in [4.69, 9.17) is 18.0 Å². The highest BCUT2D eigenvalue weighted by Gasteiger charge is 2.45. The molecular formula is C14H20N2S2. The zero-order valence-electron chi connectivity index (χ0n) is 11.1. The monoisotopic (exact) mass is 280 g/mol. The molecule has 1 aliphatic rings. The molecule has 0 saturated heterocycles. The highest BCUT2D eigenvalue weighted by Crippen LogP contribution is 2.47. The molecule has 0 radical (unpaired) electrons. The Morgan fingerprint density at radius 1 is 1.56 bits per heavy atom. The SMILES string of the molecule is CCSc1cccc(NC2CC2(C)C)c1C(N)=S. The van der Waals surface area contributed by atoms with Gasteiger partial charge in [-0.25, -0.2) is 0 Å². The molecule has 1 saturated carbocycles. The molecule has 0 amide bonds. The smallest absolute Gasteiger partial charge is 0.107 e. The van der Waals surface area contributed by atoms with Crippen LogP contribution in [-0.4, -0.2) is 16.8 Å². The van der Waals surface area contributed by atoms with Crippen molar-refractivity contribution in [3.05, 3.63) is 23.8 Å². The van der Waals surface area contributed by atoms with Crippen LogP contribution < -0.4 is 11.1 Å². The lowest BCUT2D eigenvalue weighted by molar-refractivity contribution is 0.630. The van der Waals surface area contributed by atoms with E-state index < -0.39 is 0 Å². The van der Waals surface area contributed by atoms with Gasteiger partial charge in [0.2, 0.25) is 0 Å². The van der Waals surface area contributed by atoms with E-state index in [2.05, 4.69) is 44.3 Å². The molecule has 1 aromatic rings. The highest BCUT2D eigenvalue weighted by molar-refractivity contribution is 7.99. The first-order valence-electron chi connectivity index (χ1n) is 6.28. The van der Waals surface area contributed by atoms with Crippen molar-refractivity contribution < 1.29 is 0 Å². The van der Waals surface area contributed by atoms with E-state index in [1.165, 1.54) is 11.3 Å². The van der Waals surface area contributed by atoms with Gasteiger partial charge in [0.25, 0.3) is 0 Å². The quantitative estimate of drug-likeness (QED) is 0.638. The van der Waals surface area contributed by atoms with E-state index >= 15 is 0 Å². The average molecular weight is 280 g/mol. The van der Waals surface area contributed by atoms with Gasteiger partial charge in [-0.15, -0.1) is 11.8 Å². The molecule has 0 heterocycles. The fourth-order valence-electron chi connectivity index (χ4n) is 2.08. The molecule has 2 nitrogen and oxygen atoms in total. The summed E-state index contributed by atoms with van der Waals surface area (Å²) in [4.78, 5) is 1.65. The zero-order chi connectivity index (χ0) is 13.3. The van der Waals surface area contributed by atoms with Crippen molar-refractivity contribution in [2.24, 2.45) is 11.1 Å². The van der Waals surface area contributed by atoms with Crippen LogP contribution in [-0.2, 0) is 0 Å². The van der Waals surface area contributed by atoms with Crippen molar-refractivity contribution in [2.45, 2.75) is 38.1 Å². The third kappa shape index (κ3) is 2.81. The summed E-state index contributed by atoms with van der Waals surface area (Å²) in [6.45, 7) is 6.68. The topological polar surface area (TPSA) is 38.0 Å². The minimum Gasteiger partial charge on any atom is -0.389 e. The first-order chi connectivity index (χ1) is 8.45. The predicted molar refractivity (Wildman–Crippen MR) is 84.5 cm³/mol. The van der Waals surface area contributed by atoms with Crippen molar-refractivity contribution in [1.82, 2.24) is 0 Å². The summed E-state index contributed by atoms with van der Waals surface area (Å²) in [5, 5.41) is 3.57. The second-order valence-corrected chi connectivity index (χ2v) is 7.11. The van der Waals surface area contributed by atoms with Crippen molar-refractivity contribution >= 4 is 34.7 Å². The Balaban J connectivity index is 2.28. The molecular weight excluding hydrogens is 260 g/mol. The number of nitrogens with two attached hydrogens (primary N) is 1. The largest absolute Gasteiger partial charge is 0.389 e. The molecule has 3 N–H and O–H groups in total. The lowest BCUT2D eigenvalue weighted by Crippen LogP contribution is -2.17. The second-order valence-electron chi connectivity index (χ2n) is 5.37. The fraction of sp³-hybridized carbons (Fsp3) is 0.500. The van der Waals surface area contributed by atoms with Crippen molar-refractivity contribution in [3.8, 4) is 0 Å². The number of thioether (sulfide) groups is 1. The van der Waals surface area contributed by atoms with Gasteiger partial charge in [-0.05, 0) is 29.7 Å². The van der Waals surface area contributed by atoms with Crippen LogP contribution in [0.4, 0.5) is 5.69 Å². The van der Waals surface area contributed by atoms with Crippen LogP contribution in [0.3, 0.4) is 0 Å². The van der Waals surface area contributed by atoms with Gasteiger partial charge in [0.15, 0.2) is 0 Å². The van der Waals surface area contributed by atoms with Crippen molar-refractivity contribution in [1.29, 1.82) is 0 Å². The number of benzene rings is 1. The minimum absolute atomic E-state index is 0.390. The highest BCUT2D eigenvalue weighted by atomic mass is 32.2. The number of rotatable bonds is 5. The molecule has 18 heavy (non-hydrogen) atoms. The van der Waals surface area contributed by atoms with E-state index in [9.17, 15) is 0 Å².